The van der Waals surface area contributed by atoms with Gasteiger partial charge in [0.05, 0.1) is 0 Å². The zero-order valence-electron chi connectivity index (χ0n) is 12.1. The number of hydrogen-bond acceptors (Lipinski definition) is 1. The predicted molar refractivity (Wildman–Crippen MR) is 74.7 cm³/mol. The van der Waals surface area contributed by atoms with E-state index < -0.39 is 0 Å². The molecule has 94 valence electrons. The minimum Gasteiger partial charge on any atom is -0.313 e. The molecule has 1 saturated carbocycles. The fourth-order valence-electron chi connectivity index (χ4n) is 3.04. The Bertz CT molecular complexity index is 412. The van der Waals surface area contributed by atoms with Crippen molar-refractivity contribution in [2.45, 2.75) is 53.5 Å². The second-order valence-corrected chi connectivity index (χ2v) is 5.64. The third-order valence-corrected chi connectivity index (χ3v) is 4.77. The Hall–Kier alpha value is -0.820. The second kappa shape index (κ2) is 4.45. The molecular weight excluding hydrogens is 206 g/mol. The molecule has 1 aromatic carbocycles. The third kappa shape index (κ3) is 2.01. The van der Waals surface area contributed by atoms with E-state index in [1.54, 1.807) is 5.56 Å². The summed E-state index contributed by atoms with van der Waals surface area (Å²) in [6, 6.07) is 0.563. The van der Waals surface area contributed by atoms with Crippen LogP contribution in [0, 0.1) is 40.5 Å². The van der Waals surface area contributed by atoms with E-state index in [1.165, 1.54) is 40.7 Å². The van der Waals surface area contributed by atoms with Gasteiger partial charge in [0, 0.05) is 6.04 Å². The summed E-state index contributed by atoms with van der Waals surface area (Å²) >= 11 is 0. The normalized spacial score (nSPS) is 17.3. The van der Waals surface area contributed by atoms with E-state index in [0.29, 0.717) is 6.04 Å². The van der Waals surface area contributed by atoms with Gasteiger partial charge in [-0.2, -0.15) is 0 Å². The zero-order valence-corrected chi connectivity index (χ0v) is 12.1. The average molecular weight is 231 g/mol. The van der Waals surface area contributed by atoms with Gasteiger partial charge in [0.15, 0.2) is 0 Å². The lowest BCUT2D eigenvalue weighted by Crippen LogP contribution is -2.21. The molecule has 17 heavy (non-hydrogen) atoms. The summed E-state index contributed by atoms with van der Waals surface area (Å²) in [4.78, 5) is 0. The molecule has 0 bridgehead atoms. The maximum absolute atomic E-state index is 3.54. The van der Waals surface area contributed by atoms with Crippen molar-refractivity contribution in [1.82, 2.24) is 5.32 Å². The van der Waals surface area contributed by atoms with Crippen LogP contribution in [-0.2, 0) is 0 Å². The fraction of sp³-hybridized carbons (Fsp3) is 0.625. The van der Waals surface area contributed by atoms with Crippen LogP contribution in [0.1, 0.15) is 52.3 Å². The summed E-state index contributed by atoms with van der Waals surface area (Å²) in [7, 11) is 2.10. The molecule has 1 fully saturated rings. The first-order chi connectivity index (χ1) is 7.99. The van der Waals surface area contributed by atoms with Crippen molar-refractivity contribution in [1.29, 1.82) is 0 Å². The summed E-state index contributed by atoms with van der Waals surface area (Å²) in [5.74, 6) is 0.860. The van der Waals surface area contributed by atoms with Crippen LogP contribution in [0.5, 0.6) is 0 Å². The molecule has 1 aliphatic rings. The van der Waals surface area contributed by atoms with E-state index in [9.17, 15) is 0 Å². The SMILES string of the molecule is CNC(c1c(C)c(C)c(C)c(C)c1C)C1CC1. The monoisotopic (exact) mass is 231 g/mol. The molecule has 0 aromatic heterocycles. The molecule has 0 spiro atoms. The van der Waals surface area contributed by atoms with Crippen molar-refractivity contribution in [3.8, 4) is 0 Å². The van der Waals surface area contributed by atoms with Crippen LogP contribution in [-0.4, -0.2) is 7.05 Å². The molecule has 1 unspecified atom stereocenters. The van der Waals surface area contributed by atoms with Crippen molar-refractivity contribution in [3.05, 3.63) is 33.4 Å². The van der Waals surface area contributed by atoms with Crippen molar-refractivity contribution in [2.24, 2.45) is 5.92 Å². The Morgan fingerprint density at radius 1 is 0.824 bits per heavy atom. The van der Waals surface area contributed by atoms with Gasteiger partial charge in [-0.15, -0.1) is 0 Å². The van der Waals surface area contributed by atoms with Crippen molar-refractivity contribution >= 4 is 0 Å². The second-order valence-electron chi connectivity index (χ2n) is 5.64. The molecule has 1 nitrogen and oxygen atoms in total. The molecule has 1 heteroatoms. The Morgan fingerprint density at radius 2 is 1.24 bits per heavy atom. The molecule has 0 heterocycles. The standard InChI is InChI=1S/C16H25N/c1-9-10(2)12(4)15(13(5)11(9)3)16(17-6)14-7-8-14/h14,16-17H,7-8H2,1-6H3. The molecule has 0 aliphatic heterocycles. The summed E-state index contributed by atoms with van der Waals surface area (Å²) in [6.07, 6.45) is 2.77. The van der Waals surface area contributed by atoms with E-state index in [0.717, 1.165) is 5.92 Å². The molecular formula is C16H25N. The number of rotatable bonds is 3. The maximum atomic E-state index is 3.54. The molecule has 1 atom stereocenters. The Morgan fingerprint density at radius 3 is 1.59 bits per heavy atom. The Labute approximate surface area is 106 Å². The summed E-state index contributed by atoms with van der Waals surface area (Å²) in [6.45, 7) is 11.4. The van der Waals surface area contributed by atoms with Crippen LogP contribution >= 0.6 is 0 Å². The van der Waals surface area contributed by atoms with Crippen LogP contribution in [0.4, 0.5) is 0 Å². The molecule has 0 saturated heterocycles. The minimum atomic E-state index is 0.563. The fourth-order valence-corrected chi connectivity index (χ4v) is 3.04. The third-order valence-electron chi connectivity index (χ3n) is 4.77. The largest absolute Gasteiger partial charge is 0.313 e. The van der Waals surface area contributed by atoms with Gasteiger partial charge in [0.25, 0.3) is 0 Å². The first-order valence-corrected chi connectivity index (χ1v) is 6.73. The van der Waals surface area contributed by atoms with Gasteiger partial charge in [-0.05, 0) is 93.8 Å². The quantitative estimate of drug-likeness (QED) is 0.832. The predicted octanol–water partition coefficient (Wildman–Crippen LogP) is 3.90. The number of nitrogens with one attached hydrogen (secondary N) is 1. The lowest BCUT2D eigenvalue weighted by Gasteiger charge is -2.25. The van der Waals surface area contributed by atoms with Gasteiger partial charge < -0.3 is 5.32 Å². The van der Waals surface area contributed by atoms with Gasteiger partial charge in [0.1, 0.15) is 0 Å². The maximum Gasteiger partial charge on any atom is 0.0351 e. The highest BCUT2D eigenvalue weighted by Gasteiger charge is 2.33. The van der Waals surface area contributed by atoms with Gasteiger partial charge in [0.2, 0.25) is 0 Å². The highest BCUT2D eigenvalue weighted by molar-refractivity contribution is 5.51. The van der Waals surface area contributed by atoms with E-state index in [4.69, 9.17) is 0 Å². The van der Waals surface area contributed by atoms with Crippen molar-refractivity contribution in [3.63, 3.8) is 0 Å². The molecule has 1 N–H and O–H groups in total. The van der Waals surface area contributed by atoms with Crippen LogP contribution in [0.25, 0.3) is 0 Å². The summed E-state index contributed by atoms with van der Waals surface area (Å²) in [5, 5.41) is 3.54. The molecule has 1 aromatic rings. The van der Waals surface area contributed by atoms with Crippen LogP contribution in [0.3, 0.4) is 0 Å². The van der Waals surface area contributed by atoms with Gasteiger partial charge >= 0.3 is 0 Å². The van der Waals surface area contributed by atoms with Crippen LogP contribution < -0.4 is 5.32 Å². The zero-order chi connectivity index (χ0) is 12.7. The number of benzene rings is 1. The smallest absolute Gasteiger partial charge is 0.0351 e. The van der Waals surface area contributed by atoms with Crippen molar-refractivity contribution < 1.29 is 0 Å². The minimum absolute atomic E-state index is 0.563. The van der Waals surface area contributed by atoms with Crippen molar-refractivity contribution in [2.75, 3.05) is 7.05 Å². The first kappa shape index (κ1) is 12.6. The van der Waals surface area contributed by atoms with E-state index >= 15 is 0 Å². The Balaban J connectivity index is 2.59. The van der Waals surface area contributed by atoms with E-state index in [2.05, 4.69) is 47.0 Å². The van der Waals surface area contributed by atoms with Crippen LogP contribution in [0.2, 0.25) is 0 Å². The molecule has 2 rings (SSSR count). The first-order valence-electron chi connectivity index (χ1n) is 6.73. The van der Waals surface area contributed by atoms with E-state index in [1.807, 2.05) is 0 Å². The van der Waals surface area contributed by atoms with Crippen LogP contribution in [0.15, 0.2) is 0 Å². The van der Waals surface area contributed by atoms with Gasteiger partial charge in [-0.3, -0.25) is 0 Å². The molecule has 0 amide bonds. The summed E-state index contributed by atoms with van der Waals surface area (Å²) in [5.41, 5.74) is 8.98. The lowest BCUT2D eigenvalue weighted by atomic mass is 9.85. The lowest BCUT2D eigenvalue weighted by molar-refractivity contribution is 0.523. The average Bonchev–Trinajstić information content (AvgIpc) is 3.13. The highest BCUT2D eigenvalue weighted by atomic mass is 14.9. The molecule has 1 aliphatic carbocycles. The molecule has 0 radical (unpaired) electrons. The Kier molecular flexibility index (Phi) is 3.31. The number of hydrogen-bond donors (Lipinski definition) is 1. The van der Waals surface area contributed by atoms with Gasteiger partial charge in [-0.1, -0.05) is 0 Å². The van der Waals surface area contributed by atoms with Gasteiger partial charge in [-0.25, -0.2) is 0 Å². The topological polar surface area (TPSA) is 12.0 Å². The highest BCUT2D eigenvalue weighted by Crippen LogP contribution is 2.44. The van der Waals surface area contributed by atoms with E-state index in [-0.39, 0.29) is 0 Å². The summed E-state index contributed by atoms with van der Waals surface area (Å²) < 4.78 is 0.